The Bertz CT molecular complexity index is 1180. The van der Waals surface area contributed by atoms with Crippen molar-refractivity contribution < 1.29 is 0 Å². The number of aromatic nitrogens is 3. The quantitative estimate of drug-likeness (QED) is 0.378. The first kappa shape index (κ1) is 19.9. The summed E-state index contributed by atoms with van der Waals surface area (Å²) >= 11 is 12.8. The number of halogens is 2. The second-order valence-corrected chi connectivity index (χ2v) is 9.38. The van der Waals surface area contributed by atoms with Crippen LogP contribution < -0.4 is 0 Å². The van der Waals surface area contributed by atoms with Gasteiger partial charge >= 0.3 is 0 Å². The van der Waals surface area contributed by atoms with Gasteiger partial charge in [0.15, 0.2) is 0 Å². The zero-order valence-corrected chi connectivity index (χ0v) is 18.7. The van der Waals surface area contributed by atoms with Gasteiger partial charge in [-0.25, -0.2) is 4.98 Å². The largest absolute Gasteiger partial charge is 0.347 e. The van der Waals surface area contributed by atoms with Gasteiger partial charge in [0, 0.05) is 34.2 Å². The summed E-state index contributed by atoms with van der Waals surface area (Å²) in [6.45, 7) is 3.52. The van der Waals surface area contributed by atoms with Crippen LogP contribution in [0.5, 0.6) is 0 Å². The Hall–Kier alpha value is -2.01. The molecule has 5 rings (SSSR count). The highest BCUT2D eigenvalue weighted by atomic mass is 35.5. The Morgan fingerprint density at radius 2 is 1.93 bits per heavy atom. The minimum absolute atomic E-state index is 0.680. The first-order valence-electron chi connectivity index (χ1n) is 10.7. The van der Waals surface area contributed by atoms with E-state index in [1.54, 1.807) is 0 Å². The third-order valence-corrected chi connectivity index (χ3v) is 6.96. The number of aryl methyl sites for hydroxylation is 1. The lowest BCUT2D eigenvalue weighted by Crippen LogP contribution is -2.30. The maximum Gasteiger partial charge on any atom is 0.140 e. The van der Waals surface area contributed by atoms with E-state index < -0.39 is 0 Å². The van der Waals surface area contributed by atoms with Crippen LogP contribution in [0.3, 0.4) is 0 Å². The summed E-state index contributed by atoms with van der Waals surface area (Å²) in [7, 11) is 2.22. The van der Waals surface area contributed by atoms with Crippen LogP contribution in [0.4, 0.5) is 0 Å². The van der Waals surface area contributed by atoms with Crippen molar-refractivity contribution >= 4 is 45.1 Å². The van der Waals surface area contributed by atoms with Crippen LogP contribution in [0.2, 0.25) is 10.0 Å². The molecule has 0 atom stereocenters. The zero-order chi connectivity index (χ0) is 20.7. The van der Waals surface area contributed by atoms with Crippen LogP contribution >= 0.6 is 23.2 Å². The fourth-order valence-corrected chi connectivity index (χ4v) is 5.01. The van der Waals surface area contributed by atoms with Gasteiger partial charge in [-0.15, -0.1) is 0 Å². The van der Waals surface area contributed by atoms with Gasteiger partial charge in [0.05, 0.1) is 16.1 Å². The predicted molar refractivity (Wildman–Crippen MR) is 127 cm³/mol. The molecule has 1 aliphatic heterocycles. The Morgan fingerprint density at radius 1 is 1.10 bits per heavy atom. The lowest BCUT2D eigenvalue weighted by Gasteiger charge is -2.28. The number of likely N-dealkylation sites (tertiary alicyclic amines) is 1. The van der Waals surface area contributed by atoms with Crippen molar-refractivity contribution in [2.24, 2.45) is 5.92 Å². The monoisotopic (exact) mass is 440 g/mol. The molecule has 1 aliphatic rings. The average molecular weight is 441 g/mol. The summed E-state index contributed by atoms with van der Waals surface area (Å²) < 4.78 is 2.33. The summed E-state index contributed by atoms with van der Waals surface area (Å²) in [6, 6.07) is 12.0. The number of piperidine rings is 1. The van der Waals surface area contributed by atoms with Gasteiger partial charge in [-0.1, -0.05) is 23.2 Å². The minimum atomic E-state index is 0.680. The van der Waals surface area contributed by atoms with Crippen molar-refractivity contribution in [3.05, 3.63) is 52.6 Å². The molecule has 1 fully saturated rings. The number of nitrogens with zero attached hydrogens (tertiary/aromatic N) is 3. The van der Waals surface area contributed by atoms with Crippen LogP contribution in [-0.4, -0.2) is 39.6 Å². The van der Waals surface area contributed by atoms with Crippen molar-refractivity contribution in [1.82, 2.24) is 19.4 Å². The summed E-state index contributed by atoms with van der Waals surface area (Å²) in [5.41, 5.74) is 3.91. The molecule has 3 heterocycles. The SMILES string of the molecule is CN1CCC(CCCn2ccc3cc(-c4nc5cc(Cl)ccc5[nH]4)c(Cl)cc32)CC1. The second-order valence-electron chi connectivity index (χ2n) is 8.54. The first-order valence-corrected chi connectivity index (χ1v) is 11.4. The van der Waals surface area contributed by atoms with E-state index in [-0.39, 0.29) is 0 Å². The van der Waals surface area contributed by atoms with E-state index >= 15 is 0 Å². The fraction of sp³-hybridized carbons (Fsp3) is 0.375. The lowest BCUT2D eigenvalue weighted by molar-refractivity contribution is 0.209. The highest BCUT2D eigenvalue weighted by Gasteiger charge is 2.17. The minimum Gasteiger partial charge on any atom is -0.347 e. The number of aromatic amines is 1. The second kappa shape index (κ2) is 8.26. The van der Waals surface area contributed by atoms with Crippen molar-refractivity contribution in [1.29, 1.82) is 0 Å². The molecule has 4 aromatic rings. The topological polar surface area (TPSA) is 36.9 Å². The molecular formula is C24H26Cl2N4. The Kier molecular flexibility index (Phi) is 5.48. The van der Waals surface area contributed by atoms with Crippen molar-refractivity contribution in [2.75, 3.05) is 20.1 Å². The smallest absolute Gasteiger partial charge is 0.140 e. The molecule has 30 heavy (non-hydrogen) atoms. The molecule has 0 bridgehead atoms. The predicted octanol–water partition coefficient (Wildman–Crippen LogP) is 6.61. The van der Waals surface area contributed by atoms with Crippen molar-refractivity contribution in [3.8, 4) is 11.4 Å². The van der Waals surface area contributed by atoms with Crippen LogP contribution in [-0.2, 0) is 6.54 Å². The summed E-state index contributed by atoms with van der Waals surface area (Å²) in [5, 5.41) is 2.58. The summed E-state index contributed by atoms with van der Waals surface area (Å²) in [5.74, 6) is 1.65. The van der Waals surface area contributed by atoms with E-state index in [9.17, 15) is 0 Å². The number of imidazole rings is 1. The van der Waals surface area contributed by atoms with E-state index in [2.05, 4.69) is 45.9 Å². The lowest BCUT2D eigenvalue weighted by atomic mass is 9.92. The molecule has 6 heteroatoms. The Labute approximate surface area is 186 Å². The molecule has 0 spiro atoms. The molecule has 2 aromatic carbocycles. The molecule has 4 nitrogen and oxygen atoms in total. The Morgan fingerprint density at radius 3 is 2.77 bits per heavy atom. The van der Waals surface area contributed by atoms with Crippen LogP contribution in [0.1, 0.15) is 25.7 Å². The average Bonchev–Trinajstić information content (AvgIpc) is 3.32. The van der Waals surface area contributed by atoms with E-state index in [1.165, 1.54) is 49.7 Å². The van der Waals surface area contributed by atoms with Gasteiger partial charge in [0.2, 0.25) is 0 Å². The first-order chi connectivity index (χ1) is 14.6. The van der Waals surface area contributed by atoms with Crippen LogP contribution in [0.15, 0.2) is 42.6 Å². The summed E-state index contributed by atoms with van der Waals surface area (Å²) in [4.78, 5) is 10.5. The van der Waals surface area contributed by atoms with Crippen LogP contribution in [0, 0.1) is 5.92 Å². The van der Waals surface area contributed by atoms with Crippen LogP contribution in [0.25, 0.3) is 33.3 Å². The third kappa shape index (κ3) is 3.96. The number of benzene rings is 2. The van der Waals surface area contributed by atoms with Crippen molar-refractivity contribution in [2.45, 2.75) is 32.2 Å². The van der Waals surface area contributed by atoms with E-state index in [4.69, 9.17) is 28.2 Å². The highest BCUT2D eigenvalue weighted by Crippen LogP contribution is 2.33. The molecule has 1 N–H and O–H groups in total. The number of hydrogen-bond acceptors (Lipinski definition) is 2. The van der Waals surface area contributed by atoms with Gasteiger partial charge in [-0.3, -0.25) is 0 Å². The number of rotatable bonds is 5. The highest BCUT2D eigenvalue weighted by molar-refractivity contribution is 6.34. The van der Waals surface area contributed by atoms with Gasteiger partial charge < -0.3 is 14.5 Å². The maximum atomic E-state index is 6.69. The molecule has 0 amide bonds. The summed E-state index contributed by atoms with van der Waals surface area (Å²) in [6.07, 6.45) is 7.36. The van der Waals surface area contributed by atoms with E-state index in [0.29, 0.717) is 10.0 Å². The fourth-order valence-electron chi connectivity index (χ4n) is 4.60. The molecule has 0 radical (unpaired) electrons. The molecule has 156 valence electrons. The van der Waals surface area contributed by atoms with Gasteiger partial charge in [-0.05, 0) is 88.1 Å². The number of fused-ring (bicyclic) bond motifs is 2. The standard InChI is InChI=1S/C24H26Cl2N4/c1-29-10-6-16(7-11-29)3-2-9-30-12-8-17-13-19(20(26)15-23(17)30)24-27-21-5-4-18(25)14-22(21)28-24/h4-5,8,12-16H,2-3,6-7,9-11H2,1H3,(H,27,28). The zero-order valence-electron chi connectivity index (χ0n) is 17.2. The number of hydrogen-bond donors (Lipinski definition) is 1. The molecule has 1 saturated heterocycles. The maximum absolute atomic E-state index is 6.69. The molecular weight excluding hydrogens is 415 g/mol. The molecule has 0 saturated carbocycles. The third-order valence-electron chi connectivity index (χ3n) is 6.41. The number of nitrogens with one attached hydrogen (secondary N) is 1. The Balaban J connectivity index is 1.35. The van der Waals surface area contributed by atoms with E-state index in [1.807, 2.05) is 18.2 Å². The van der Waals surface area contributed by atoms with Crippen molar-refractivity contribution in [3.63, 3.8) is 0 Å². The normalized spacial score (nSPS) is 16.1. The van der Waals surface area contributed by atoms with Gasteiger partial charge in [0.25, 0.3) is 0 Å². The van der Waals surface area contributed by atoms with E-state index in [0.717, 1.165) is 34.9 Å². The molecule has 0 aliphatic carbocycles. The van der Waals surface area contributed by atoms with Gasteiger partial charge in [0.1, 0.15) is 5.82 Å². The van der Waals surface area contributed by atoms with Gasteiger partial charge in [-0.2, -0.15) is 0 Å². The molecule has 2 aromatic heterocycles. The number of H-pyrrole nitrogens is 1. The molecule has 0 unspecified atom stereocenters.